The number of ether oxygens (including phenoxy) is 1. The summed E-state index contributed by atoms with van der Waals surface area (Å²) in [6, 6.07) is 10.3. The van der Waals surface area contributed by atoms with Crippen molar-refractivity contribution in [3.63, 3.8) is 0 Å². The second kappa shape index (κ2) is 8.56. The van der Waals surface area contributed by atoms with E-state index >= 15 is 0 Å². The number of nitrogens with zero attached hydrogens (tertiary/aromatic N) is 2. The summed E-state index contributed by atoms with van der Waals surface area (Å²) in [4.78, 5) is 20.6. The first-order valence-electron chi connectivity index (χ1n) is 9.34. The van der Waals surface area contributed by atoms with Crippen molar-refractivity contribution in [2.45, 2.75) is 19.7 Å². The van der Waals surface area contributed by atoms with Crippen molar-refractivity contribution in [3.8, 4) is 11.6 Å². The van der Waals surface area contributed by atoms with Crippen LogP contribution in [-0.4, -0.2) is 21.0 Å². The minimum atomic E-state index is -4.50. The van der Waals surface area contributed by atoms with E-state index in [1.54, 1.807) is 23.6 Å². The number of anilines is 1. The smallest absolute Gasteiger partial charge is 0.416 e. The largest absolute Gasteiger partial charge is 0.439 e. The van der Waals surface area contributed by atoms with Crippen LogP contribution in [0.3, 0.4) is 0 Å². The fraction of sp³-hybridized carbons (Fsp3) is 0.136. The highest BCUT2D eigenvalue weighted by molar-refractivity contribution is 7.17. The van der Waals surface area contributed by atoms with Gasteiger partial charge in [-0.05, 0) is 42.8 Å². The molecule has 32 heavy (non-hydrogen) atoms. The van der Waals surface area contributed by atoms with E-state index < -0.39 is 17.6 Å². The van der Waals surface area contributed by atoms with Gasteiger partial charge < -0.3 is 15.2 Å². The van der Waals surface area contributed by atoms with Crippen molar-refractivity contribution in [2.75, 3.05) is 5.32 Å². The van der Waals surface area contributed by atoms with Gasteiger partial charge in [0.05, 0.1) is 23.4 Å². The fourth-order valence-electron chi connectivity index (χ4n) is 3.09. The van der Waals surface area contributed by atoms with Crippen molar-refractivity contribution in [1.82, 2.24) is 9.97 Å². The molecule has 2 aromatic heterocycles. The summed E-state index contributed by atoms with van der Waals surface area (Å²) in [5.41, 5.74) is 0.113. The number of benzene rings is 2. The summed E-state index contributed by atoms with van der Waals surface area (Å²) in [5.74, 6) is 0.227. The Morgan fingerprint density at radius 2 is 1.97 bits per heavy atom. The van der Waals surface area contributed by atoms with Crippen LogP contribution >= 0.6 is 11.3 Å². The Kier molecular flexibility index (Phi) is 5.81. The number of nitrogens with one attached hydrogen (secondary N) is 1. The topological polar surface area (TPSA) is 84.3 Å². The molecule has 0 aliphatic rings. The number of aromatic nitrogens is 2. The van der Waals surface area contributed by atoms with Crippen LogP contribution in [0.1, 0.15) is 27.2 Å². The monoisotopic (exact) mass is 459 g/mol. The Morgan fingerprint density at radius 1 is 1.16 bits per heavy atom. The molecule has 1 amide bonds. The van der Waals surface area contributed by atoms with E-state index in [0.29, 0.717) is 22.4 Å². The summed E-state index contributed by atoms with van der Waals surface area (Å²) >= 11 is 1.30. The van der Waals surface area contributed by atoms with E-state index in [9.17, 15) is 18.0 Å². The number of hydrogen-bond acceptors (Lipinski definition) is 6. The molecule has 2 aromatic carbocycles. The maximum atomic E-state index is 13.1. The summed E-state index contributed by atoms with van der Waals surface area (Å²) in [6.45, 7) is 1.12. The third-order valence-corrected chi connectivity index (χ3v) is 5.62. The number of halogens is 3. The maximum absolute atomic E-state index is 13.1. The quantitative estimate of drug-likeness (QED) is 0.409. The molecule has 6 nitrogen and oxygen atoms in total. The second-order valence-corrected chi connectivity index (χ2v) is 7.81. The third kappa shape index (κ3) is 4.56. The molecule has 0 bridgehead atoms. The van der Waals surface area contributed by atoms with Gasteiger partial charge in [-0.3, -0.25) is 4.79 Å². The average Bonchev–Trinajstić information content (AvgIpc) is 3.18. The first-order chi connectivity index (χ1) is 15.2. The fourth-order valence-corrected chi connectivity index (χ4v) is 4.06. The van der Waals surface area contributed by atoms with Crippen LogP contribution in [0, 0.1) is 6.92 Å². The van der Waals surface area contributed by atoms with E-state index in [-0.39, 0.29) is 23.7 Å². The van der Waals surface area contributed by atoms with Gasteiger partial charge in [0, 0.05) is 27.2 Å². The zero-order valence-corrected chi connectivity index (χ0v) is 17.4. The van der Waals surface area contributed by atoms with Gasteiger partial charge in [0.15, 0.2) is 0 Å². The molecule has 0 fully saturated rings. The predicted octanol–water partition coefficient (Wildman–Crippen LogP) is 5.56. The van der Waals surface area contributed by atoms with Gasteiger partial charge in [-0.15, -0.1) is 11.3 Å². The Hall–Kier alpha value is -3.50. The normalized spacial score (nSPS) is 11.5. The number of fused-ring (bicyclic) bond motifs is 1. The lowest BCUT2D eigenvalue weighted by Gasteiger charge is -2.12. The van der Waals surface area contributed by atoms with E-state index in [0.717, 1.165) is 10.8 Å². The number of aryl methyl sites for hydroxylation is 1. The summed E-state index contributed by atoms with van der Waals surface area (Å²) in [5, 5.41) is 14.0. The number of carbonyl (C=O) groups excluding carboxylic acids is 1. The molecule has 0 aliphatic heterocycles. The zero-order chi connectivity index (χ0) is 22.9. The lowest BCUT2D eigenvalue weighted by atomic mass is 10.1. The molecule has 0 unspecified atom stereocenters. The zero-order valence-electron chi connectivity index (χ0n) is 16.6. The molecule has 2 N–H and O–H groups in total. The first kappa shape index (κ1) is 21.7. The molecular weight excluding hydrogens is 443 g/mol. The number of thiophene rings is 1. The molecule has 0 spiro atoms. The molecule has 10 heteroatoms. The SMILES string of the molecule is Cc1ccc(NC(=O)c2csc3cc(Oc4cc(CO)ncn4)ccc23)cc1C(F)(F)F. The van der Waals surface area contributed by atoms with Gasteiger partial charge in [0.1, 0.15) is 12.1 Å². The number of hydrogen-bond donors (Lipinski definition) is 2. The number of amides is 1. The molecule has 0 radical (unpaired) electrons. The first-order valence-corrected chi connectivity index (χ1v) is 10.2. The lowest BCUT2D eigenvalue weighted by molar-refractivity contribution is -0.138. The maximum Gasteiger partial charge on any atom is 0.416 e. The molecule has 0 atom stereocenters. The molecule has 4 rings (SSSR count). The Bertz CT molecular complexity index is 1300. The van der Waals surface area contributed by atoms with Crippen LogP contribution in [0.4, 0.5) is 18.9 Å². The van der Waals surface area contributed by atoms with E-state index in [2.05, 4.69) is 15.3 Å². The van der Waals surface area contributed by atoms with Gasteiger partial charge >= 0.3 is 6.18 Å². The van der Waals surface area contributed by atoms with Gasteiger partial charge in [-0.2, -0.15) is 13.2 Å². The van der Waals surface area contributed by atoms with Crippen LogP contribution in [0.2, 0.25) is 0 Å². The molecular formula is C22H16F3N3O3S. The molecule has 0 saturated carbocycles. The van der Waals surface area contributed by atoms with Gasteiger partial charge in [-0.25, -0.2) is 9.97 Å². The van der Waals surface area contributed by atoms with Crippen molar-refractivity contribution in [3.05, 3.63) is 76.6 Å². The highest BCUT2D eigenvalue weighted by atomic mass is 32.1. The molecule has 2 heterocycles. The summed E-state index contributed by atoms with van der Waals surface area (Å²) < 4.78 is 45.9. The highest BCUT2D eigenvalue weighted by Crippen LogP contribution is 2.35. The van der Waals surface area contributed by atoms with Crippen LogP contribution < -0.4 is 10.1 Å². The van der Waals surface area contributed by atoms with Gasteiger partial charge in [0.25, 0.3) is 5.91 Å². The Balaban J connectivity index is 1.56. The van der Waals surface area contributed by atoms with E-state index in [4.69, 9.17) is 9.84 Å². The number of aliphatic hydroxyl groups is 1. The number of aliphatic hydroxyl groups excluding tert-OH is 1. The third-order valence-electron chi connectivity index (χ3n) is 4.68. The second-order valence-electron chi connectivity index (χ2n) is 6.90. The van der Waals surface area contributed by atoms with Crippen molar-refractivity contribution >= 4 is 33.0 Å². The van der Waals surface area contributed by atoms with E-state index in [1.807, 2.05) is 0 Å². The molecule has 0 saturated heterocycles. The van der Waals surface area contributed by atoms with Gasteiger partial charge in [0.2, 0.25) is 5.88 Å². The number of alkyl halides is 3. The van der Waals surface area contributed by atoms with Crippen LogP contribution in [0.25, 0.3) is 10.1 Å². The highest BCUT2D eigenvalue weighted by Gasteiger charge is 2.32. The minimum absolute atomic E-state index is 0.0654. The molecule has 0 aliphatic carbocycles. The number of rotatable bonds is 5. The van der Waals surface area contributed by atoms with Crippen molar-refractivity contribution < 1.29 is 27.8 Å². The lowest BCUT2D eigenvalue weighted by Crippen LogP contribution is -2.13. The molecule has 164 valence electrons. The Morgan fingerprint density at radius 3 is 2.72 bits per heavy atom. The predicted molar refractivity (Wildman–Crippen MR) is 114 cm³/mol. The number of carbonyl (C=O) groups is 1. The van der Waals surface area contributed by atoms with Crippen molar-refractivity contribution in [2.24, 2.45) is 0 Å². The van der Waals surface area contributed by atoms with Crippen LogP contribution in [0.15, 0.2) is 54.2 Å². The molecule has 4 aromatic rings. The van der Waals surface area contributed by atoms with Crippen LogP contribution in [-0.2, 0) is 12.8 Å². The average molecular weight is 459 g/mol. The van der Waals surface area contributed by atoms with Crippen molar-refractivity contribution in [1.29, 1.82) is 0 Å². The summed E-state index contributed by atoms with van der Waals surface area (Å²) in [7, 11) is 0. The minimum Gasteiger partial charge on any atom is -0.439 e. The summed E-state index contributed by atoms with van der Waals surface area (Å²) in [6.07, 6.45) is -3.22. The Labute approximate surface area is 184 Å². The van der Waals surface area contributed by atoms with E-state index in [1.165, 1.54) is 42.8 Å². The van der Waals surface area contributed by atoms with Crippen LogP contribution in [0.5, 0.6) is 11.6 Å². The van der Waals surface area contributed by atoms with Gasteiger partial charge in [-0.1, -0.05) is 6.07 Å². The standard InChI is InChI=1S/C22H16F3N3O3S/c1-12-2-3-13(6-18(12)22(23,24)25)28-21(30)17-10-32-19-8-15(4-5-16(17)19)31-20-7-14(9-29)26-11-27-20/h2-8,10-11,29H,9H2,1H3,(H,28,30).